The molecular formula is C28H19F5N4O3. The summed E-state index contributed by atoms with van der Waals surface area (Å²) in [5, 5.41) is 0.405. The van der Waals surface area contributed by atoms with E-state index in [0.29, 0.717) is 23.4 Å². The largest absolute Gasteiger partial charge is 0.473 e. The molecule has 1 unspecified atom stereocenters. The minimum Gasteiger partial charge on any atom is -0.473 e. The maximum Gasteiger partial charge on any atom is 0.433 e. The number of ether oxygens (including phenoxy) is 2. The fourth-order valence-corrected chi connectivity index (χ4v) is 7.00. The molecule has 2 aliphatic carbocycles. The molecule has 5 aliphatic rings. The number of hydrogen-bond acceptors (Lipinski definition) is 6. The third-order valence-electron chi connectivity index (χ3n) is 8.62. The highest BCUT2D eigenvalue weighted by molar-refractivity contribution is 5.80. The lowest BCUT2D eigenvalue weighted by atomic mass is 9.68. The average molecular weight is 554 g/mol. The highest BCUT2D eigenvalue weighted by atomic mass is 19.4. The van der Waals surface area contributed by atoms with Gasteiger partial charge in [-0.15, -0.1) is 0 Å². The third-order valence-corrected chi connectivity index (χ3v) is 8.62. The van der Waals surface area contributed by atoms with Crippen LogP contribution in [-0.4, -0.2) is 26.1 Å². The molecule has 4 aromatic rings. The molecule has 0 amide bonds. The Balaban J connectivity index is 1.01. The van der Waals surface area contributed by atoms with Crippen molar-refractivity contribution in [1.82, 2.24) is 14.5 Å². The van der Waals surface area contributed by atoms with Gasteiger partial charge in [0.05, 0.1) is 17.6 Å². The van der Waals surface area contributed by atoms with E-state index in [0.717, 1.165) is 43.3 Å². The average Bonchev–Trinajstić information content (AvgIpc) is 3.25. The molecule has 40 heavy (non-hydrogen) atoms. The molecule has 5 heterocycles. The molecule has 2 bridgehead atoms. The van der Waals surface area contributed by atoms with E-state index in [1.54, 1.807) is 10.6 Å². The molecule has 0 radical (unpaired) electrons. The summed E-state index contributed by atoms with van der Waals surface area (Å²) in [5.74, 6) is -2.01. The first-order valence-electron chi connectivity index (χ1n) is 12.7. The van der Waals surface area contributed by atoms with Crippen LogP contribution >= 0.6 is 0 Å². The SMILES string of the molecule is O=c1nc(OCc2cc(F)c(Oc3ccc4ccc(C(F)(F)F)nc4c3)c(F)c2)cc2n1CC13CC4(CC4N21)C3. The van der Waals surface area contributed by atoms with Gasteiger partial charge in [0, 0.05) is 23.6 Å². The van der Waals surface area contributed by atoms with Crippen molar-refractivity contribution in [3.8, 4) is 17.4 Å². The smallest absolute Gasteiger partial charge is 0.433 e. The number of aromatic nitrogens is 3. The van der Waals surface area contributed by atoms with E-state index in [9.17, 15) is 26.7 Å². The van der Waals surface area contributed by atoms with Gasteiger partial charge in [0.25, 0.3) is 0 Å². The predicted molar refractivity (Wildman–Crippen MR) is 131 cm³/mol. The van der Waals surface area contributed by atoms with Crippen molar-refractivity contribution in [2.24, 2.45) is 5.41 Å². The molecule has 4 fully saturated rings. The van der Waals surface area contributed by atoms with Crippen LogP contribution in [0.4, 0.5) is 27.8 Å². The van der Waals surface area contributed by atoms with Crippen molar-refractivity contribution in [2.45, 2.75) is 50.2 Å². The van der Waals surface area contributed by atoms with Gasteiger partial charge in [0.2, 0.25) is 5.88 Å². The quantitative estimate of drug-likeness (QED) is 0.300. The van der Waals surface area contributed by atoms with E-state index in [1.165, 1.54) is 24.3 Å². The Bertz CT molecular complexity index is 1790. The van der Waals surface area contributed by atoms with Crippen molar-refractivity contribution >= 4 is 16.7 Å². The molecule has 2 saturated heterocycles. The summed E-state index contributed by atoms with van der Waals surface area (Å²) >= 11 is 0. The summed E-state index contributed by atoms with van der Waals surface area (Å²) in [6, 6.07) is 10.3. The lowest BCUT2D eigenvalue weighted by Gasteiger charge is -2.43. The van der Waals surface area contributed by atoms with Gasteiger partial charge in [-0.2, -0.15) is 18.2 Å². The van der Waals surface area contributed by atoms with Crippen LogP contribution in [-0.2, 0) is 19.3 Å². The number of hydrogen-bond donors (Lipinski definition) is 0. The molecule has 1 atom stereocenters. The zero-order chi connectivity index (χ0) is 27.6. The third kappa shape index (κ3) is 3.31. The Morgan fingerprint density at radius 2 is 1.75 bits per heavy atom. The molecule has 7 nitrogen and oxygen atoms in total. The number of rotatable bonds is 5. The van der Waals surface area contributed by atoms with Gasteiger partial charge in [0.15, 0.2) is 17.4 Å². The molecule has 2 saturated carbocycles. The van der Waals surface area contributed by atoms with Crippen LogP contribution in [0.15, 0.2) is 53.3 Å². The van der Waals surface area contributed by atoms with E-state index in [-0.39, 0.29) is 34.9 Å². The molecule has 2 spiro atoms. The number of benzene rings is 2. The van der Waals surface area contributed by atoms with Gasteiger partial charge < -0.3 is 14.4 Å². The molecular weight excluding hydrogens is 535 g/mol. The van der Waals surface area contributed by atoms with Crippen LogP contribution in [0.1, 0.15) is 30.5 Å². The number of fused-ring (bicyclic) bond motifs is 2. The van der Waals surface area contributed by atoms with E-state index >= 15 is 0 Å². The molecule has 3 aliphatic heterocycles. The molecule has 204 valence electrons. The minimum atomic E-state index is -4.64. The monoisotopic (exact) mass is 554 g/mol. The molecule has 9 rings (SSSR count). The van der Waals surface area contributed by atoms with Gasteiger partial charge in [0.1, 0.15) is 23.9 Å². The summed E-state index contributed by atoms with van der Waals surface area (Å²) in [5.41, 5.74) is -0.972. The first-order chi connectivity index (χ1) is 19.0. The van der Waals surface area contributed by atoms with Gasteiger partial charge in [-0.25, -0.2) is 18.6 Å². The fourth-order valence-electron chi connectivity index (χ4n) is 7.00. The van der Waals surface area contributed by atoms with Crippen molar-refractivity contribution in [3.63, 3.8) is 0 Å². The first kappa shape index (κ1) is 23.6. The van der Waals surface area contributed by atoms with Gasteiger partial charge in [-0.1, -0.05) is 6.07 Å². The standard InChI is InChI=1S/C28H19F5N4O3/c29-17-5-14(6-18(30)24(17)40-16-3-1-15-2-4-20(28(31,32)33)34-19(15)7-16)10-39-22-8-23-36(25(38)35-22)13-27-11-26(12-27)9-21(26)37(23)27/h1-8,21H,9-13H2. The highest BCUT2D eigenvalue weighted by Crippen LogP contribution is 2.78. The number of anilines is 1. The Hall–Kier alpha value is -4.22. The van der Waals surface area contributed by atoms with Crippen LogP contribution in [0.2, 0.25) is 0 Å². The Morgan fingerprint density at radius 1 is 1.00 bits per heavy atom. The summed E-state index contributed by atoms with van der Waals surface area (Å²) < 4.78 is 81.5. The van der Waals surface area contributed by atoms with E-state index < -0.39 is 34.9 Å². The Kier molecular flexibility index (Phi) is 4.43. The Morgan fingerprint density at radius 3 is 2.50 bits per heavy atom. The minimum absolute atomic E-state index is 0.0131. The number of alkyl halides is 3. The van der Waals surface area contributed by atoms with Gasteiger partial charge >= 0.3 is 11.9 Å². The lowest BCUT2D eigenvalue weighted by molar-refractivity contribution is -0.140. The van der Waals surface area contributed by atoms with Crippen LogP contribution in [0.25, 0.3) is 10.9 Å². The maximum atomic E-state index is 14.9. The summed E-state index contributed by atoms with van der Waals surface area (Å²) in [6.07, 6.45) is -1.31. The summed E-state index contributed by atoms with van der Waals surface area (Å²) in [7, 11) is 0. The molecule has 2 aromatic carbocycles. The number of nitrogens with zero attached hydrogens (tertiary/aromatic N) is 4. The summed E-state index contributed by atoms with van der Waals surface area (Å²) in [6.45, 7) is 0.379. The van der Waals surface area contributed by atoms with Crippen LogP contribution in [0, 0.1) is 17.0 Å². The fraction of sp³-hybridized carbons (Fsp3) is 0.321. The molecule has 2 aromatic heterocycles. The summed E-state index contributed by atoms with van der Waals surface area (Å²) in [4.78, 5) is 22.6. The second kappa shape index (κ2) is 7.49. The van der Waals surface area contributed by atoms with E-state index in [2.05, 4.69) is 14.9 Å². The molecule has 0 N–H and O–H groups in total. The van der Waals surface area contributed by atoms with Crippen LogP contribution in [0.3, 0.4) is 0 Å². The van der Waals surface area contributed by atoms with E-state index in [1.807, 2.05) is 0 Å². The number of halogens is 5. The molecule has 12 heteroatoms. The van der Waals surface area contributed by atoms with Crippen molar-refractivity contribution < 1.29 is 31.4 Å². The second-order valence-electron chi connectivity index (χ2n) is 11.2. The number of pyridine rings is 1. The van der Waals surface area contributed by atoms with Crippen molar-refractivity contribution in [1.29, 1.82) is 0 Å². The zero-order valence-corrected chi connectivity index (χ0v) is 20.6. The van der Waals surface area contributed by atoms with Crippen molar-refractivity contribution in [3.05, 3.63) is 81.9 Å². The topological polar surface area (TPSA) is 69.5 Å². The van der Waals surface area contributed by atoms with Gasteiger partial charge in [-0.3, -0.25) is 4.57 Å². The number of piperidine rings is 2. The van der Waals surface area contributed by atoms with Crippen LogP contribution in [0.5, 0.6) is 17.4 Å². The van der Waals surface area contributed by atoms with Gasteiger partial charge in [-0.05, 0) is 60.6 Å². The predicted octanol–water partition coefficient (Wildman–Crippen LogP) is 5.58. The zero-order valence-electron chi connectivity index (χ0n) is 20.6. The highest BCUT2D eigenvalue weighted by Gasteiger charge is 2.81. The maximum absolute atomic E-state index is 14.9. The lowest BCUT2D eigenvalue weighted by Crippen LogP contribution is -2.49. The second-order valence-corrected chi connectivity index (χ2v) is 11.2. The van der Waals surface area contributed by atoms with E-state index in [4.69, 9.17) is 9.47 Å². The van der Waals surface area contributed by atoms with Crippen LogP contribution < -0.4 is 20.1 Å². The normalized spacial score (nSPS) is 25.3. The first-order valence-corrected chi connectivity index (χ1v) is 12.7. The Labute approximate surface area is 222 Å². The van der Waals surface area contributed by atoms with Crippen molar-refractivity contribution in [2.75, 3.05) is 4.90 Å².